The van der Waals surface area contributed by atoms with Crippen LogP contribution in [-0.2, 0) is 9.59 Å². The highest BCUT2D eigenvalue weighted by Crippen LogP contribution is 2.36. The van der Waals surface area contributed by atoms with Crippen molar-refractivity contribution in [2.24, 2.45) is 0 Å². The molecule has 0 fully saturated rings. The molecule has 0 unspecified atom stereocenters. The van der Waals surface area contributed by atoms with E-state index in [2.05, 4.69) is 29.1 Å². The molecule has 28 heavy (non-hydrogen) atoms. The number of aromatic nitrogens is 2. The van der Waals surface area contributed by atoms with Crippen LogP contribution in [0.4, 0.5) is 11.4 Å². The number of benzene rings is 1. The van der Waals surface area contributed by atoms with Gasteiger partial charge < -0.3 is 10.2 Å². The number of carbonyl (C=O) groups is 2. The van der Waals surface area contributed by atoms with Crippen LogP contribution in [0.15, 0.2) is 35.6 Å². The maximum Gasteiger partial charge on any atom is 0.237 e. The molecule has 3 aromatic rings. The first-order valence-corrected chi connectivity index (χ1v) is 10.8. The third kappa shape index (κ3) is 3.38. The van der Waals surface area contributed by atoms with Crippen molar-refractivity contribution in [2.45, 2.75) is 38.3 Å². The van der Waals surface area contributed by atoms with Crippen molar-refractivity contribution in [3.05, 3.63) is 41.0 Å². The Morgan fingerprint density at radius 3 is 2.93 bits per heavy atom. The number of rotatable bonds is 3. The largest absolute Gasteiger partial charge is 0.324 e. The highest BCUT2D eigenvalue weighted by Gasteiger charge is 2.29. The molecule has 2 aromatic heterocycles. The van der Waals surface area contributed by atoms with Crippen LogP contribution in [-0.4, -0.2) is 33.6 Å². The van der Waals surface area contributed by atoms with Crippen LogP contribution in [0.2, 0.25) is 0 Å². The number of para-hydroxylation sites is 2. The number of anilines is 2. The molecule has 144 valence electrons. The van der Waals surface area contributed by atoms with Gasteiger partial charge in [0.2, 0.25) is 11.8 Å². The Morgan fingerprint density at radius 1 is 1.32 bits per heavy atom. The summed E-state index contributed by atoms with van der Waals surface area (Å²) in [4.78, 5) is 37.9. The molecule has 0 bridgehead atoms. The summed E-state index contributed by atoms with van der Waals surface area (Å²) in [7, 11) is 0. The summed E-state index contributed by atoms with van der Waals surface area (Å²) >= 11 is 3.07. The molecule has 1 aromatic carbocycles. The summed E-state index contributed by atoms with van der Waals surface area (Å²) < 4.78 is 0. The summed E-state index contributed by atoms with van der Waals surface area (Å²) in [6, 6.07) is 7.21. The van der Waals surface area contributed by atoms with E-state index in [9.17, 15) is 9.59 Å². The zero-order chi connectivity index (χ0) is 19.8. The fraction of sp³-hybridized carbons (Fsp3) is 0.300. The van der Waals surface area contributed by atoms with Crippen LogP contribution < -0.4 is 10.2 Å². The quantitative estimate of drug-likeness (QED) is 0.516. The van der Waals surface area contributed by atoms with Gasteiger partial charge in [0.25, 0.3) is 0 Å². The van der Waals surface area contributed by atoms with Gasteiger partial charge in [-0.15, -0.1) is 11.3 Å². The van der Waals surface area contributed by atoms with E-state index in [0.29, 0.717) is 5.69 Å². The number of hydrogen-bond donors (Lipinski definition) is 1. The van der Waals surface area contributed by atoms with Crippen molar-refractivity contribution < 1.29 is 9.59 Å². The van der Waals surface area contributed by atoms with Gasteiger partial charge in [-0.1, -0.05) is 23.9 Å². The van der Waals surface area contributed by atoms with Crippen LogP contribution >= 0.6 is 23.1 Å². The van der Waals surface area contributed by atoms with E-state index in [0.717, 1.165) is 20.9 Å². The lowest BCUT2D eigenvalue weighted by atomic mass is 10.2. The van der Waals surface area contributed by atoms with Crippen molar-refractivity contribution in [3.63, 3.8) is 0 Å². The molecule has 0 aliphatic carbocycles. The van der Waals surface area contributed by atoms with Crippen molar-refractivity contribution in [1.29, 1.82) is 0 Å². The molecule has 3 heterocycles. The van der Waals surface area contributed by atoms with Crippen molar-refractivity contribution in [2.75, 3.05) is 16.0 Å². The average molecular weight is 413 g/mol. The zero-order valence-electron chi connectivity index (χ0n) is 15.9. The molecule has 2 amide bonds. The van der Waals surface area contributed by atoms with Crippen LogP contribution in [0.25, 0.3) is 10.2 Å². The molecular weight excluding hydrogens is 392 g/mol. The summed E-state index contributed by atoms with van der Waals surface area (Å²) in [5, 5.41) is 4.74. The smallest absolute Gasteiger partial charge is 0.237 e. The molecule has 1 N–H and O–H groups in total. The zero-order valence-corrected chi connectivity index (χ0v) is 17.5. The first kappa shape index (κ1) is 18.9. The lowest BCUT2D eigenvalue weighted by molar-refractivity contribution is -0.117. The Morgan fingerprint density at radius 2 is 2.11 bits per heavy atom. The predicted octanol–water partition coefficient (Wildman–Crippen LogP) is 4.16. The third-order valence-corrected chi connectivity index (χ3v) is 6.98. The predicted molar refractivity (Wildman–Crippen MR) is 114 cm³/mol. The third-order valence-electron chi connectivity index (χ3n) is 4.89. The maximum atomic E-state index is 13.2. The topological polar surface area (TPSA) is 75.2 Å². The molecule has 0 saturated carbocycles. The molecule has 4 rings (SSSR count). The van der Waals surface area contributed by atoms with Gasteiger partial charge in [0, 0.05) is 22.7 Å². The van der Waals surface area contributed by atoms with Crippen LogP contribution in [0, 0.1) is 13.8 Å². The van der Waals surface area contributed by atoms with Gasteiger partial charge in [0.05, 0.1) is 17.1 Å². The Balaban J connectivity index is 1.61. The van der Waals surface area contributed by atoms with Gasteiger partial charge in [-0.05, 0) is 38.5 Å². The minimum Gasteiger partial charge on any atom is -0.324 e. The summed E-state index contributed by atoms with van der Waals surface area (Å²) in [6.45, 7) is 6.04. The fourth-order valence-electron chi connectivity index (χ4n) is 3.43. The van der Waals surface area contributed by atoms with Crippen LogP contribution in [0.5, 0.6) is 0 Å². The number of fused-ring (bicyclic) bond motifs is 2. The fourth-order valence-corrected chi connectivity index (χ4v) is 5.40. The van der Waals surface area contributed by atoms with E-state index in [4.69, 9.17) is 0 Å². The lowest BCUT2D eigenvalue weighted by Gasteiger charge is -2.27. The van der Waals surface area contributed by atoms with E-state index in [1.54, 1.807) is 22.6 Å². The second kappa shape index (κ2) is 7.52. The monoisotopic (exact) mass is 412 g/mol. The standard InChI is InChI=1S/C20H20N4O2S2/c1-11-8-16(25)23-14-6-4-5-7-15(14)24(11)17(26)9-27-19-18-12(2)13(3)28-20(18)22-10-21-19/h4-7,10-11H,8-9H2,1-3H3,(H,23,25)/t11-/m0/s1. The highest BCUT2D eigenvalue weighted by atomic mass is 32.2. The second-order valence-electron chi connectivity index (χ2n) is 6.81. The van der Waals surface area contributed by atoms with Gasteiger partial charge in [-0.25, -0.2) is 9.97 Å². The summed E-state index contributed by atoms with van der Waals surface area (Å²) in [6.07, 6.45) is 1.82. The minimum absolute atomic E-state index is 0.0437. The lowest BCUT2D eigenvalue weighted by Crippen LogP contribution is -2.40. The summed E-state index contributed by atoms with van der Waals surface area (Å²) in [5.41, 5.74) is 2.57. The second-order valence-corrected chi connectivity index (χ2v) is 8.98. The Hall–Kier alpha value is -2.45. The molecule has 0 saturated heterocycles. The molecule has 0 radical (unpaired) electrons. The number of hydrogen-bond acceptors (Lipinski definition) is 6. The number of thioether (sulfide) groups is 1. The molecule has 8 heteroatoms. The molecule has 1 aliphatic rings. The molecule has 0 spiro atoms. The van der Waals surface area contributed by atoms with Gasteiger partial charge >= 0.3 is 0 Å². The highest BCUT2D eigenvalue weighted by molar-refractivity contribution is 8.00. The first-order valence-electron chi connectivity index (χ1n) is 9.00. The average Bonchev–Trinajstić information content (AvgIpc) is 2.88. The van der Waals surface area contributed by atoms with Gasteiger partial charge in [-0.3, -0.25) is 9.59 Å². The van der Waals surface area contributed by atoms with Crippen molar-refractivity contribution in [3.8, 4) is 0 Å². The van der Waals surface area contributed by atoms with Crippen LogP contribution in [0.1, 0.15) is 23.8 Å². The maximum absolute atomic E-state index is 13.2. The van der Waals surface area contributed by atoms with E-state index in [1.165, 1.54) is 22.2 Å². The Bertz CT molecular complexity index is 1080. The van der Waals surface area contributed by atoms with Crippen LogP contribution in [0.3, 0.4) is 0 Å². The summed E-state index contributed by atoms with van der Waals surface area (Å²) in [5.74, 6) is 0.121. The number of thiophene rings is 1. The van der Waals surface area contributed by atoms with Crippen molar-refractivity contribution >= 4 is 56.5 Å². The van der Waals surface area contributed by atoms with E-state index in [1.807, 2.05) is 31.2 Å². The number of aryl methyl sites for hydroxylation is 2. The van der Waals surface area contributed by atoms with E-state index in [-0.39, 0.29) is 30.0 Å². The molecule has 6 nitrogen and oxygen atoms in total. The number of nitrogens with zero attached hydrogens (tertiary/aromatic N) is 3. The number of carbonyl (C=O) groups excluding carboxylic acids is 2. The molecular formula is C20H20N4O2S2. The SMILES string of the molecule is Cc1sc2ncnc(SCC(=O)N3c4ccccc4NC(=O)C[C@@H]3C)c2c1C. The normalized spacial score (nSPS) is 16.6. The molecule has 1 aliphatic heterocycles. The van der Waals surface area contributed by atoms with E-state index >= 15 is 0 Å². The Labute approximate surface area is 171 Å². The minimum atomic E-state index is -0.215. The first-order chi connectivity index (χ1) is 13.5. The Kier molecular flexibility index (Phi) is 5.07. The number of nitrogens with one attached hydrogen (secondary N) is 1. The van der Waals surface area contributed by atoms with Gasteiger partial charge in [0.15, 0.2) is 0 Å². The van der Waals surface area contributed by atoms with E-state index < -0.39 is 0 Å². The molecule has 1 atom stereocenters. The van der Waals surface area contributed by atoms with Gasteiger partial charge in [0.1, 0.15) is 16.2 Å². The van der Waals surface area contributed by atoms with Gasteiger partial charge in [-0.2, -0.15) is 0 Å². The van der Waals surface area contributed by atoms with Crippen molar-refractivity contribution in [1.82, 2.24) is 9.97 Å². The number of amides is 2.